The van der Waals surface area contributed by atoms with Crippen LogP contribution in [-0.4, -0.2) is 11.1 Å². The van der Waals surface area contributed by atoms with Crippen LogP contribution in [0.4, 0.5) is 0 Å². The van der Waals surface area contributed by atoms with Crippen molar-refractivity contribution in [3.63, 3.8) is 0 Å². The summed E-state index contributed by atoms with van der Waals surface area (Å²) < 4.78 is 1.07. The molecular weight excluding hydrogens is 208 g/mol. The van der Waals surface area contributed by atoms with Crippen molar-refractivity contribution < 1.29 is 9.90 Å². The maximum absolute atomic E-state index is 11.0. The molecule has 0 bridgehead atoms. The lowest BCUT2D eigenvalue weighted by molar-refractivity contribution is 0.0701. The van der Waals surface area contributed by atoms with Crippen LogP contribution in [0, 0.1) is 6.92 Å². The average Bonchev–Trinajstić information content (AvgIpc) is 2.55. The lowest BCUT2D eigenvalue weighted by atomic mass is 10.1. The van der Waals surface area contributed by atoms with E-state index < -0.39 is 5.97 Å². The number of carboxylic acids is 1. The van der Waals surface area contributed by atoms with Crippen LogP contribution in [0.25, 0.3) is 10.1 Å². The molecule has 2 rings (SSSR count). The molecule has 0 atom stereocenters. The minimum absolute atomic E-state index is 0.457. The van der Waals surface area contributed by atoms with Gasteiger partial charge in [0.25, 0.3) is 0 Å². The molecular formula is C12H12O2S. The standard InChI is InChI=1S/C12H12O2S/c1-3-8-4-5-9-7(2)11(12(13)14)15-10(9)6-8/h4-6H,3H2,1-2H3,(H,13,14). The summed E-state index contributed by atoms with van der Waals surface area (Å²) in [5.74, 6) is -0.827. The van der Waals surface area contributed by atoms with Gasteiger partial charge in [-0.05, 0) is 35.9 Å². The van der Waals surface area contributed by atoms with Gasteiger partial charge in [0.2, 0.25) is 0 Å². The fourth-order valence-electron chi connectivity index (χ4n) is 1.69. The lowest BCUT2D eigenvalue weighted by Gasteiger charge is -1.96. The second kappa shape index (κ2) is 3.66. The third-order valence-corrected chi connectivity index (χ3v) is 3.85. The van der Waals surface area contributed by atoms with E-state index in [1.807, 2.05) is 13.0 Å². The van der Waals surface area contributed by atoms with E-state index in [4.69, 9.17) is 5.11 Å². The van der Waals surface area contributed by atoms with Crippen LogP contribution in [0.3, 0.4) is 0 Å². The molecule has 1 aromatic heterocycles. The number of rotatable bonds is 2. The van der Waals surface area contributed by atoms with E-state index in [0.29, 0.717) is 4.88 Å². The summed E-state index contributed by atoms with van der Waals surface area (Å²) in [6, 6.07) is 6.17. The van der Waals surface area contributed by atoms with Crippen molar-refractivity contribution in [2.75, 3.05) is 0 Å². The minimum Gasteiger partial charge on any atom is -0.477 e. The van der Waals surface area contributed by atoms with Gasteiger partial charge in [0.1, 0.15) is 4.88 Å². The fraction of sp³-hybridized carbons (Fsp3) is 0.250. The van der Waals surface area contributed by atoms with Crippen molar-refractivity contribution in [2.45, 2.75) is 20.3 Å². The minimum atomic E-state index is -0.827. The van der Waals surface area contributed by atoms with Gasteiger partial charge in [-0.3, -0.25) is 0 Å². The van der Waals surface area contributed by atoms with Gasteiger partial charge in [-0.2, -0.15) is 0 Å². The number of benzene rings is 1. The Balaban J connectivity index is 2.70. The monoisotopic (exact) mass is 220 g/mol. The van der Waals surface area contributed by atoms with Gasteiger partial charge in [-0.15, -0.1) is 11.3 Å². The van der Waals surface area contributed by atoms with E-state index in [9.17, 15) is 4.79 Å². The number of aryl methyl sites for hydroxylation is 2. The molecule has 0 spiro atoms. The summed E-state index contributed by atoms with van der Waals surface area (Å²) in [6.45, 7) is 3.97. The van der Waals surface area contributed by atoms with Gasteiger partial charge in [0.05, 0.1) is 0 Å². The molecule has 0 amide bonds. The summed E-state index contributed by atoms with van der Waals surface area (Å²) in [5.41, 5.74) is 2.13. The Morgan fingerprint density at radius 2 is 2.20 bits per heavy atom. The number of carbonyl (C=O) groups is 1. The summed E-state index contributed by atoms with van der Waals surface area (Å²) in [6.07, 6.45) is 0.981. The topological polar surface area (TPSA) is 37.3 Å². The molecule has 3 heteroatoms. The van der Waals surface area contributed by atoms with E-state index in [-0.39, 0.29) is 0 Å². The molecule has 0 saturated heterocycles. The van der Waals surface area contributed by atoms with Crippen molar-refractivity contribution in [3.05, 3.63) is 34.2 Å². The molecule has 0 aliphatic rings. The second-order valence-electron chi connectivity index (χ2n) is 3.55. The van der Waals surface area contributed by atoms with Crippen molar-refractivity contribution >= 4 is 27.4 Å². The van der Waals surface area contributed by atoms with Crippen LogP contribution < -0.4 is 0 Å². The van der Waals surface area contributed by atoms with Crippen LogP contribution in [0.1, 0.15) is 27.7 Å². The molecule has 0 aliphatic carbocycles. The molecule has 0 unspecified atom stereocenters. The normalized spacial score (nSPS) is 10.8. The first-order chi connectivity index (χ1) is 7.13. The molecule has 0 fully saturated rings. The van der Waals surface area contributed by atoms with Crippen LogP contribution in [0.5, 0.6) is 0 Å². The van der Waals surface area contributed by atoms with E-state index in [1.165, 1.54) is 16.9 Å². The van der Waals surface area contributed by atoms with E-state index in [2.05, 4.69) is 19.1 Å². The summed E-state index contributed by atoms with van der Waals surface area (Å²) in [4.78, 5) is 11.4. The molecule has 15 heavy (non-hydrogen) atoms. The van der Waals surface area contributed by atoms with Crippen molar-refractivity contribution in [3.8, 4) is 0 Å². The Labute approximate surface area is 92.2 Å². The van der Waals surface area contributed by atoms with Gasteiger partial charge in [-0.1, -0.05) is 19.1 Å². The van der Waals surface area contributed by atoms with Crippen LogP contribution >= 0.6 is 11.3 Å². The zero-order chi connectivity index (χ0) is 11.0. The lowest BCUT2D eigenvalue weighted by Crippen LogP contribution is -1.93. The number of aromatic carboxylic acids is 1. The van der Waals surface area contributed by atoms with Crippen molar-refractivity contribution in [1.29, 1.82) is 0 Å². The zero-order valence-electron chi connectivity index (χ0n) is 8.70. The van der Waals surface area contributed by atoms with Gasteiger partial charge in [0.15, 0.2) is 0 Å². The molecule has 78 valence electrons. The van der Waals surface area contributed by atoms with Crippen molar-refractivity contribution in [1.82, 2.24) is 0 Å². The molecule has 0 aliphatic heterocycles. The molecule has 1 N–H and O–H groups in total. The number of carboxylic acid groups (broad SMARTS) is 1. The van der Waals surface area contributed by atoms with Gasteiger partial charge < -0.3 is 5.11 Å². The van der Waals surface area contributed by atoms with E-state index in [1.54, 1.807) is 0 Å². The third kappa shape index (κ3) is 1.63. The summed E-state index contributed by atoms with van der Waals surface area (Å²) >= 11 is 1.36. The fourth-order valence-corrected chi connectivity index (χ4v) is 2.81. The first kappa shape index (κ1) is 10.2. The Kier molecular flexibility index (Phi) is 2.49. The molecule has 1 aromatic carbocycles. The maximum Gasteiger partial charge on any atom is 0.346 e. The quantitative estimate of drug-likeness (QED) is 0.841. The Morgan fingerprint density at radius 3 is 2.80 bits per heavy atom. The highest BCUT2D eigenvalue weighted by molar-refractivity contribution is 7.21. The smallest absolute Gasteiger partial charge is 0.346 e. The largest absolute Gasteiger partial charge is 0.477 e. The van der Waals surface area contributed by atoms with Crippen LogP contribution in [-0.2, 0) is 6.42 Å². The first-order valence-corrected chi connectivity index (χ1v) is 5.70. The van der Waals surface area contributed by atoms with Crippen LogP contribution in [0.2, 0.25) is 0 Å². The Bertz CT molecular complexity index is 526. The molecule has 2 aromatic rings. The highest BCUT2D eigenvalue weighted by atomic mass is 32.1. The number of fused-ring (bicyclic) bond motifs is 1. The van der Waals surface area contributed by atoms with Gasteiger partial charge in [-0.25, -0.2) is 4.79 Å². The number of hydrogen-bond acceptors (Lipinski definition) is 2. The maximum atomic E-state index is 11.0. The SMILES string of the molecule is CCc1ccc2c(C)c(C(=O)O)sc2c1. The average molecular weight is 220 g/mol. The van der Waals surface area contributed by atoms with Crippen molar-refractivity contribution in [2.24, 2.45) is 0 Å². The molecule has 2 nitrogen and oxygen atoms in total. The Morgan fingerprint density at radius 1 is 1.47 bits per heavy atom. The summed E-state index contributed by atoms with van der Waals surface area (Å²) in [7, 11) is 0. The predicted molar refractivity (Wildman–Crippen MR) is 62.9 cm³/mol. The number of hydrogen-bond donors (Lipinski definition) is 1. The predicted octanol–water partition coefficient (Wildman–Crippen LogP) is 3.47. The molecule has 1 heterocycles. The second-order valence-corrected chi connectivity index (χ2v) is 4.60. The molecule has 0 saturated carbocycles. The van der Waals surface area contributed by atoms with E-state index >= 15 is 0 Å². The summed E-state index contributed by atoms with van der Waals surface area (Å²) in [5, 5.41) is 10.1. The zero-order valence-corrected chi connectivity index (χ0v) is 9.52. The van der Waals surface area contributed by atoms with E-state index in [0.717, 1.165) is 22.1 Å². The highest BCUT2D eigenvalue weighted by Gasteiger charge is 2.13. The highest BCUT2D eigenvalue weighted by Crippen LogP contribution is 2.31. The first-order valence-electron chi connectivity index (χ1n) is 4.88. The van der Waals surface area contributed by atoms with Gasteiger partial charge >= 0.3 is 5.97 Å². The van der Waals surface area contributed by atoms with Gasteiger partial charge in [0, 0.05) is 4.70 Å². The third-order valence-electron chi connectivity index (χ3n) is 2.61. The number of thiophene rings is 1. The van der Waals surface area contributed by atoms with Crippen LogP contribution in [0.15, 0.2) is 18.2 Å². The molecule has 0 radical (unpaired) electrons. The Hall–Kier alpha value is -1.35.